The normalized spacial score (nSPS) is 16.0. The lowest BCUT2D eigenvalue weighted by Crippen LogP contribution is -2.23. The molecule has 2 aromatic heterocycles. The summed E-state index contributed by atoms with van der Waals surface area (Å²) in [5, 5.41) is 1.17. The van der Waals surface area contributed by atoms with Crippen molar-refractivity contribution < 1.29 is 23.7 Å². The number of para-hydroxylation sites is 1. The molecule has 0 fully saturated rings. The summed E-state index contributed by atoms with van der Waals surface area (Å²) in [5.74, 6) is 2.01. The number of rotatable bonds is 3. The average molecular weight is 430 g/mol. The van der Waals surface area contributed by atoms with Crippen molar-refractivity contribution in [3.63, 3.8) is 0 Å². The van der Waals surface area contributed by atoms with Crippen molar-refractivity contribution in [3.05, 3.63) is 76.7 Å². The maximum absolute atomic E-state index is 12.1. The Bertz CT molecular complexity index is 1370. The number of benzene rings is 2. The van der Waals surface area contributed by atoms with E-state index in [1.165, 1.54) is 10.9 Å². The van der Waals surface area contributed by atoms with Gasteiger partial charge in [-0.25, -0.2) is 4.79 Å². The molecule has 4 heterocycles. The average Bonchev–Trinajstić information content (AvgIpc) is 3.48. The Morgan fingerprint density at radius 3 is 2.88 bits per heavy atom. The van der Waals surface area contributed by atoms with Crippen LogP contribution in [0.3, 0.4) is 0 Å². The van der Waals surface area contributed by atoms with Crippen LogP contribution >= 0.6 is 0 Å². The van der Waals surface area contributed by atoms with Crippen molar-refractivity contribution in [3.8, 4) is 17.2 Å². The Labute approximate surface area is 184 Å². The number of aryl methyl sites for hydroxylation is 1. The number of H-pyrrole nitrogens is 1. The van der Waals surface area contributed by atoms with Gasteiger partial charge in [0.25, 0.3) is 0 Å². The van der Waals surface area contributed by atoms with Crippen molar-refractivity contribution in [1.29, 1.82) is 0 Å². The number of fused-ring (bicyclic) bond motifs is 5. The van der Waals surface area contributed by atoms with Crippen LogP contribution in [0.15, 0.2) is 48.5 Å². The summed E-state index contributed by atoms with van der Waals surface area (Å²) in [6.45, 7) is 4.28. The highest BCUT2D eigenvalue weighted by molar-refractivity contribution is 5.86. The Morgan fingerprint density at radius 2 is 2.00 bits per heavy atom. The first kappa shape index (κ1) is 18.9. The molecule has 2 aliphatic rings. The molecule has 162 valence electrons. The zero-order valence-corrected chi connectivity index (χ0v) is 17.8. The highest BCUT2D eigenvalue weighted by atomic mass is 16.7. The molecule has 0 saturated carbocycles. The van der Waals surface area contributed by atoms with Crippen LogP contribution in [0.1, 0.15) is 41.2 Å². The fourth-order valence-corrected chi connectivity index (χ4v) is 4.87. The number of ether oxygens (including phenoxy) is 4. The van der Waals surface area contributed by atoms with E-state index in [2.05, 4.69) is 27.8 Å². The predicted molar refractivity (Wildman–Crippen MR) is 118 cm³/mol. The maximum atomic E-state index is 12.1. The lowest BCUT2D eigenvalue weighted by atomic mass is 9.92. The lowest BCUT2D eigenvalue weighted by Gasteiger charge is -2.29. The second-order valence-corrected chi connectivity index (χ2v) is 8.01. The molecule has 7 heteroatoms. The number of carbonyl (C=O) groups excluding carboxylic acids is 1. The number of aromatic nitrogens is 2. The van der Waals surface area contributed by atoms with Crippen LogP contribution in [-0.4, -0.2) is 29.1 Å². The second kappa shape index (κ2) is 7.09. The molecule has 7 nitrogen and oxygen atoms in total. The van der Waals surface area contributed by atoms with Crippen molar-refractivity contribution in [1.82, 2.24) is 9.55 Å². The van der Waals surface area contributed by atoms with Crippen LogP contribution in [0.4, 0.5) is 4.79 Å². The van der Waals surface area contributed by atoms with Crippen molar-refractivity contribution in [2.24, 2.45) is 0 Å². The Morgan fingerprint density at radius 1 is 1.16 bits per heavy atom. The van der Waals surface area contributed by atoms with Gasteiger partial charge in [-0.15, -0.1) is 0 Å². The number of carbonyl (C=O) groups is 1. The van der Waals surface area contributed by atoms with E-state index in [9.17, 15) is 4.79 Å². The molecule has 2 aliphatic heterocycles. The van der Waals surface area contributed by atoms with E-state index >= 15 is 0 Å². The van der Waals surface area contributed by atoms with Gasteiger partial charge in [0, 0.05) is 34.8 Å². The first-order valence-corrected chi connectivity index (χ1v) is 10.7. The van der Waals surface area contributed by atoms with Gasteiger partial charge in [-0.2, -0.15) is 0 Å². The zero-order chi connectivity index (χ0) is 21.8. The third-order valence-corrected chi connectivity index (χ3v) is 6.19. The summed E-state index contributed by atoms with van der Waals surface area (Å²) < 4.78 is 24.0. The van der Waals surface area contributed by atoms with Crippen LogP contribution in [-0.2, 0) is 11.2 Å². The second-order valence-electron chi connectivity index (χ2n) is 8.01. The van der Waals surface area contributed by atoms with Gasteiger partial charge in [-0.3, -0.25) is 0 Å². The third-order valence-electron chi connectivity index (χ3n) is 6.19. The molecule has 0 aliphatic carbocycles. The molecule has 6 rings (SSSR count). The van der Waals surface area contributed by atoms with Crippen molar-refractivity contribution in [2.45, 2.75) is 26.3 Å². The molecule has 0 bridgehead atoms. The summed E-state index contributed by atoms with van der Waals surface area (Å²) in [6, 6.07) is 16.1. The fraction of sp³-hybridized carbons (Fsp3) is 0.240. The van der Waals surface area contributed by atoms with Crippen LogP contribution in [0.5, 0.6) is 17.2 Å². The minimum atomic E-state index is -0.690. The Balaban J connectivity index is 1.56. The Hall–Kier alpha value is -3.87. The molecule has 32 heavy (non-hydrogen) atoms. The van der Waals surface area contributed by atoms with Gasteiger partial charge in [-0.05, 0) is 43.2 Å². The maximum Gasteiger partial charge on any atom is 0.513 e. The van der Waals surface area contributed by atoms with Gasteiger partial charge in [0.05, 0.1) is 18.3 Å². The number of hydrogen-bond acceptors (Lipinski definition) is 5. The van der Waals surface area contributed by atoms with Gasteiger partial charge in [-0.1, -0.05) is 24.3 Å². The number of nitrogens with one attached hydrogen (secondary N) is 1. The monoisotopic (exact) mass is 430 g/mol. The molecule has 4 aromatic rings. The summed E-state index contributed by atoms with van der Waals surface area (Å²) in [5.41, 5.74) is 6.40. The summed E-state index contributed by atoms with van der Waals surface area (Å²) >= 11 is 0. The number of aromatic amines is 1. The van der Waals surface area contributed by atoms with Gasteiger partial charge >= 0.3 is 6.16 Å². The van der Waals surface area contributed by atoms with Crippen LogP contribution in [0.25, 0.3) is 10.9 Å². The van der Waals surface area contributed by atoms with E-state index < -0.39 is 6.16 Å². The van der Waals surface area contributed by atoms with Gasteiger partial charge < -0.3 is 28.5 Å². The Kier molecular flexibility index (Phi) is 4.18. The predicted octanol–water partition coefficient (Wildman–Crippen LogP) is 5.08. The van der Waals surface area contributed by atoms with Gasteiger partial charge in [0.2, 0.25) is 6.79 Å². The SMILES string of the molecule is CCOC(=O)Oc1cc(C)n2c1Cc1c([nH]c3ccccc13)C2c1ccc2c(c1)OCO2. The molecule has 0 saturated heterocycles. The van der Waals surface area contributed by atoms with E-state index in [-0.39, 0.29) is 19.4 Å². The van der Waals surface area contributed by atoms with E-state index in [1.807, 2.05) is 37.3 Å². The van der Waals surface area contributed by atoms with E-state index in [1.54, 1.807) is 6.92 Å². The van der Waals surface area contributed by atoms with Gasteiger partial charge in [0.15, 0.2) is 17.2 Å². The summed E-state index contributed by atoms with van der Waals surface area (Å²) in [6.07, 6.45) is -0.0477. The zero-order valence-electron chi connectivity index (χ0n) is 17.8. The summed E-state index contributed by atoms with van der Waals surface area (Å²) in [7, 11) is 0. The first-order chi connectivity index (χ1) is 15.6. The molecule has 0 radical (unpaired) electrons. The molecular formula is C25H22N2O5. The molecule has 0 amide bonds. The standard InChI is InChI=1S/C25H22N2O5/c1-3-29-25(28)32-21-10-14(2)27-19(21)12-17-16-6-4-5-7-18(16)26-23(17)24(27)15-8-9-20-22(11-15)31-13-30-20/h4-11,24,26H,3,12-13H2,1-2H3. The molecule has 0 spiro atoms. The van der Waals surface area contributed by atoms with Crippen molar-refractivity contribution in [2.75, 3.05) is 13.4 Å². The quantitative estimate of drug-likeness (QED) is 0.404. The minimum Gasteiger partial charge on any atom is -0.454 e. The van der Waals surface area contributed by atoms with Crippen LogP contribution in [0.2, 0.25) is 0 Å². The van der Waals surface area contributed by atoms with E-state index in [0.29, 0.717) is 12.2 Å². The fourth-order valence-electron chi connectivity index (χ4n) is 4.87. The highest BCUT2D eigenvalue weighted by Crippen LogP contribution is 2.45. The molecule has 2 aromatic carbocycles. The van der Waals surface area contributed by atoms with Gasteiger partial charge in [0.1, 0.15) is 0 Å². The van der Waals surface area contributed by atoms with E-state index in [0.717, 1.165) is 39.7 Å². The number of nitrogens with zero attached hydrogens (tertiary/aromatic N) is 1. The number of hydrogen-bond donors (Lipinski definition) is 1. The highest BCUT2D eigenvalue weighted by Gasteiger charge is 2.34. The topological polar surface area (TPSA) is 74.7 Å². The molecular weight excluding hydrogens is 408 g/mol. The van der Waals surface area contributed by atoms with Crippen LogP contribution < -0.4 is 14.2 Å². The molecule has 1 N–H and O–H groups in total. The first-order valence-electron chi connectivity index (χ1n) is 10.7. The van der Waals surface area contributed by atoms with Crippen molar-refractivity contribution >= 4 is 17.1 Å². The molecule has 1 atom stereocenters. The third kappa shape index (κ3) is 2.77. The van der Waals surface area contributed by atoms with E-state index in [4.69, 9.17) is 18.9 Å². The molecule has 1 unspecified atom stereocenters. The van der Waals surface area contributed by atoms with Crippen LogP contribution in [0, 0.1) is 6.92 Å². The largest absolute Gasteiger partial charge is 0.513 e. The lowest BCUT2D eigenvalue weighted by molar-refractivity contribution is 0.104. The smallest absolute Gasteiger partial charge is 0.454 e. The summed E-state index contributed by atoms with van der Waals surface area (Å²) in [4.78, 5) is 15.8. The minimum absolute atomic E-state index is 0.129.